The lowest BCUT2D eigenvalue weighted by atomic mass is 9.98. The van der Waals surface area contributed by atoms with Crippen LogP contribution in [0.25, 0.3) is 0 Å². The molecular formula is C10H17NO3. The molecule has 4 nitrogen and oxygen atoms in total. The summed E-state index contributed by atoms with van der Waals surface area (Å²) in [5, 5.41) is 3.09. The first-order valence-electron chi connectivity index (χ1n) is 5.26. The maximum atomic E-state index is 11.1. The lowest BCUT2D eigenvalue weighted by molar-refractivity contribution is -0.143. The van der Waals surface area contributed by atoms with E-state index in [1.54, 1.807) is 6.92 Å². The SMILES string of the molecule is CCOC(=O)CCC1CCCC1N=O. The molecule has 0 amide bonds. The number of esters is 1. The summed E-state index contributed by atoms with van der Waals surface area (Å²) in [4.78, 5) is 21.5. The number of nitrogens with zero attached hydrogens (tertiary/aromatic N) is 1. The summed E-state index contributed by atoms with van der Waals surface area (Å²) in [6, 6.07) is -0.0653. The number of ether oxygens (including phenoxy) is 1. The van der Waals surface area contributed by atoms with Crippen LogP contribution in [-0.2, 0) is 9.53 Å². The van der Waals surface area contributed by atoms with Crippen molar-refractivity contribution in [1.82, 2.24) is 0 Å². The van der Waals surface area contributed by atoms with Crippen molar-refractivity contribution in [2.75, 3.05) is 6.61 Å². The molecule has 0 aromatic carbocycles. The van der Waals surface area contributed by atoms with Crippen molar-refractivity contribution in [2.45, 2.75) is 45.1 Å². The molecule has 2 atom stereocenters. The number of carbonyl (C=O) groups excluding carboxylic acids is 1. The monoisotopic (exact) mass is 199 g/mol. The summed E-state index contributed by atoms with van der Waals surface area (Å²) in [5.74, 6) is 0.140. The van der Waals surface area contributed by atoms with E-state index in [1.807, 2.05) is 0 Å². The minimum absolute atomic E-state index is 0.0653. The molecule has 1 fully saturated rings. The highest BCUT2D eigenvalue weighted by Crippen LogP contribution is 2.31. The van der Waals surface area contributed by atoms with E-state index < -0.39 is 0 Å². The Balaban J connectivity index is 2.23. The smallest absolute Gasteiger partial charge is 0.305 e. The fraction of sp³-hybridized carbons (Fsp3) is 0.900. The molecule has 0 heterocycles. The second kappa shape index (κ2) is 5.73. The van der Waals surface area contributed by atoms with Crippen molar-refractivity contribution in [3.63, 3.8) is 0 Å². The number of rotatable bonds is 5. The van der Waals surface area contributed by atoms with E-state index in [9.17, 15) is 9.70 Å². The highest BCUT2D eigenvalue weighted by molar-refractivity contribution is 5.69. The molecule has 0 aromatic heterocycles. The van der Waals surface area contributed by atoms with Crippen molar-refractivity contribution < 1.29 is 9.53 Å². The topological polar surface area (TPSA) is 55.7 Å². The molecule has 1 saturated carbocycles. The van der Waals surface area contributed by atoms with Gasteiger partial charge in [0.15, 0.2) is 0 Å². The van der Waals surface area contributed by atoms with Crippen molar-refractivity contribution in [3.05, 3.63) is 4.91 Å². The molecule has 4 heteroatoms. The van der Waals surface area contributed by atoms with Gasteiger partial charge in [-0.05, 0) is 32.1 Å². The summed E-state index contributed by atoms with van der Waals surface area (Å²) < 4.78 is 4.82. The summed E-state index contributed by atoms with van der Waals surface area (Å²) in [6.07, 6.45) is 4.14. The first kappa shape index (κ1) is 11.1. The Morgan fingerprint density at radius 1 is 1.50 bits per heavy atom. The van der Waals surface area contributed by atoms with E-state index in [1.165, 1.54) is 0 Å². The van der Waals surface area contributed by atoms with Gasteiger partial charge in [-0.3, -0.25) is 4.79 Å². The third-order valence-corrected chi connectivity index (χ3v) is 2.78. The van der Waals surface area contributed by atoms with Crippen LogP contribution in [0.4, 0.5) is 0 Å². The second-order valence-corrected chi connectivity index (χ2v) is 3.71. The summed E-state index contributed by atoms with van der Waals surface area (Å²) in [5.41, 5.74) is 0. The quantitative estimate of drug-likeness (QED) is 0.504. The van der Waals surface area contributed by atoms with Crippen LogP contribution in [0, 0.1) is 10.8 Å². The Kier molecular flexibility index (Phi) is 4.56. The van der Waals surface area contributed by atoms with Gasteiger partial charge in [0.1, 0.15) is 0 Å². The lowest BCUT2D eigenvalue weighted by Gasteiger charge is -2.11. The predicted molar refractivity (Wildman–Crippen MR) is 52.8 cm³/mol. The number of carbonyl (C=O) groups is 1. The predicted octanol–water partition coefficient (Wildman–Crippen LogP) is 2.26. The molecule has 1 aliphatic carbocycles. The third-order valence-electron chi connectivity index (χ3n) is 2.78. The van der Waals surface area contributed by atoms with Crippen LogP contribution in [0.3, 0.4) is 0 Å². The maximum Gasteiger partial charge on any atom is 0.305 e. The molecule has 0 spiro atoms. The van der Waals surface area contributed by atoms with Crippen LogP contribution in [0.2, 0.25) is 0 Å². The van der Waals surface area contributed by atoms with Gasteiger partial charge in [-0.1, -0.05) is 11.6 Å². The molecule has 0 aromatic rings. The largest absolute Gasteiger partial charge is 0.466 e. The van der Waals surface area contributed by atoms with E-state index in [4.69, 9.17) is 4.74 Å². The van der Waals surface area contributed by atoms with E-state index in [-0.39, 0.29) is 12.0 Å². The Labute approximate surface area is 84.0 Å². The molecule has 2 unspecified atom stereocenters. The Bertz CT molecular complexity index is 206. The Morgan fingerprint density at radius 2 is 2.29 bits per heavy atom. The van der Waals surface area contributed by atoms with Gasteiger partial charge >= 0.3 is 5.97 Å². The van der Waals surface area contributed by atoms with E-state index >= 15 is 0 Å². The average Bonchev–Trinajstić information content (AvgIpc) is 2.62. The number of hydrogen-bond acceptors (Lipinski definition) is 4. The molecule has 80 valence electrons. The molecule has 0 bridgehead atoms. The number of nitroso groups, excluding NO2 is 1. The fourth-order valence-electron chi connectivity index (χ4n) is 2.03. The summed E-state index contributed by atoms with van der Waals surface area (Å²) >= 11 is 0. The van der Waals surface area contributed by atoms with Gasteiger partial charge in [-0.2, -0.15) is 4.91 Å². The molecule has 1 aliphatic rings. The van der Waals surface area contributed by atoms with Crippen molar-refractivity contribution in [1.29, 1.82) is 0 Å². The first-order valence-corrected chi connectivity index (χ1v) is 5.26. The van der Waals surface area contributed by atoms with Gasteiger partial charge in [-0.25, -0.2) is 0 Å². The fourth-order valence-corrected chi connectivity index (χ4v) is 2.03. The lowest BCUT2D eigenvalue weighted by Crippen LogP contribution is -2.13. The van der Waals surface area contributed by atoms with Gasteiger partial charge in [0, 0.05) is 6.42 Å². The minimum atomic E-state index is -0.163. The van der Waals surface area contributed by atoms with Crippen LogP contribution in [0.15, 0.2) is 5.18 Å². The number of hydrogen-bond donors (Lipinski definition) is 0. The van der Waals surface area contributed by atoms with Gasteiger partial charge < -0.3 is 4.74 Å². The van der Waals surface area contributed by atoms with Crippen LogP contribution >= 0.6 is 0 Å². The standard InChI is InChI=1S/C10H17NO3/c1-2-14-10(12)7-6-8-4-3-5-9(8)11-13/h8-9H,2-7H2,1H3. The van der Waals surface area contributed by atoms with Crippen LogP contribution < -0.4 is 0 Å². The minimum Gasteiger partial charge on any atom is -0.466 e. The first-order chi connectivity index (χ1) is 6.77. The normalized spacial score (nSPS) is 26.1. The van der Waals surface area contributed by atoms with Crippen LogP contribution in [0.5, 0.6) is 0 Å². The van der Waals surface area contributed by atoms with E-state index in [0.29, 0.717) is 18.9 Å². The molecule has 0 aliphatic heterocycles. The second-order valence-electron chi connectivity index (χ2n) is 3.71. The van der Waals surface area contributed by atoms with Crippen LogP contribution in [-0.4, -0.2) is 18.6 Å². The van der Waals surface area contributed by atoms with Gasteiger partial charge in [0.05, 0.1) is 12.6 Å². The zero-order valence-electron chi connectivity index (χ0n) is 8.57. The van der Waals surface area contributed by atoms with Gasteiger partial charge in [0.2, 0.25) is 0 Å². The highest BCUT2D eigenvalue weighted by atomic mass is 16.5. The maximum absolute atomic E-state index is 11.1. The zero-order chi connectivity index (χ0) is 10.4. The van der Waals surface area contributed by atoms with Crippen molar-refractivity contribution >= 4 is 5.97 Å². The molecule has 0 saturated heterocycles. The molecule has 14 heavy (non-hydrogen) atoms. The summed E-state index contributed by atoms with van der Waals surface area (Å²) in [7, 11) is 0. The van der Waals surface area contributed by atoms with Gasteiger partial charge in [0.25, 0.3) is 0 Å². The average molecular weight is 199 g/mol. The molecular weight excluding hydrogens is 182 g/mol. The Morgan fingerprint density at radius 3 is 2.93 bits per heavy atom. The van der Waals surface area contributed by atoms with E-state index in [0.717, 1.165) is 25.7 Å². The summed E-state index contributed by atoms with van der Waals surface area (Å²) in [6.45, 7) is 2.22. The van der Waals surface area contributed by atoms with Crippen molar-refractivity contribution in [3.8, 4) is 0 Å². The molecule has 0 radical (unpaired) electrons. The van der Waals surface area contributed by atoms with Crippen molar-refractivity contribution in [2.24, 2.45) is 11.1 Å². The van der Waals surface area contributed by atoms with Crippen LogP contribution in [0.1, 0.15) is 39.0 Å². The molecule has 0 N–H and O–H groups in total. The Hall–Kier alpha value is -0.930. The van der Waals surface area contributed by atoms with Gasteiger partial charge in [-0.15, -0.1) is 0 Å². The zero-order valence-corrected chi connectivity index (χ0v) is 8.57. The van der Waals surface area contributed by atoms with E-state index in [2.05, 4.69) is 5.18 Å². The highest BCUT2D eigenvalue weighted by Gasteiger charge is 2.28. The molecule has 1 rings (SSSR count). The third kappa shape index (κ3) is 3.09.